The van der Waals surface area contributed by atoms with Crippen molar-refractivity contribution >= 4 is 22.9 Å². The minimum Gasteiger partial charge on any atom is -0.445 e. The summed E-state index contributed by atoms with van der Waals surface area (Å²) in [7, 11) is 1.50. The number of aromatic nitrogens is 1. The summed E-state index contributed by atoms with van der Waals surface area (Å²) in [5, 5.41) is 1.14. The van der Waals surface area contributed by atoms with Crippen molar-refractivity contribution < 1.29 is 14.3 Å². The minimum absolute atomic E-state index is 0.00423. The van der Waals surface area contributed by atoms with Gasteiger partial charge in [-0.2, -0.15) is 0 Å². The number of ether oxygens (including phenoxy) is 1. The number of likely N-dealkylation sites (tertiary alicyclic amines) is 2. The molecule has 1 saturated carbocycles. The first-order valence-electron chi connectivity index (χ1n) is 15.3. The highest BCUT2D eigenvalue weighted by Gasteiger charge is 2.53. The van der Waals surface area contributed by atoms with Gasteiger partial charge < -0.3 is 31.0 Å². The molecule has 1 aromatic heterocycles. The summed E-state index contributed by atoms with van der Waals surface area (Å²) < 4.78 is 5.76. The molecule has 3 aromatic rings. The Balaban J connectivity index is 0.000000929. The lowest BCUT2D eigenvalue weighted by Crippen LogP contribution is -2.52. The molecule has 3 heterocycles. The van der Waals surface area contributed by atoms with E-state index in [1.807, 2.05) is 72.3 Å². The normalized spacial score (nSPS) is 22.7. The van der Waals surface area contributed by atoms with Crippen LogP contribution in [0.15, 0.2) is 60.8 Å². The SMILES string of the molecule is CC.CN.NC(C(=O)N1CC[C@@H]2[C@H]1C(c1c[nH]c3ccccc13)CN2C(=O)OCc1ccccc1)C1CCCCC1. The van der Waals surface area contributed by atoms with Gasteiger partial charge in [-0.1, -0.05) is 81.6 Å². The average molecular weight is 562 g/mol. The van der Waals surface area contributed by atoms with E-state index in [4.69, 9.17) is 10.5 Å². The summed E-state index contributed by atoms with van der Waals surface area (Å²) in [4.78, 5) is 34.4. The van der Waals surface area contributed by atoms with Gasteiger partial charge in [-0.25, -0.2) is 4.79 Å². The summed E-state index contributed by atoms with van der Waals surface area (Å²) in [6.07, 6.45) is 8.06. The van der Waals surface area contributed by atoms with Gasteiger partial charge in [0.1, 0.15) is 6.61 Å². The molecule has 6 rings (SSSR count). The molecule has 8 nitrogen and oxygen atoms in total. The molecule has 0 spiro atoms. The zero-order chi connectivity index (χ0) is 29.4. The number of nitrogens with zero attached hydrogens (tertiary/aromatic N) is 2. The number of para-hydroxylation sites is 1. The molecule has 2 aliphatic heterocycles. The molecule has 4 atom stereocenters. The van der Waals surface area contributed by atoms with Crippen LogP contribution in [0.3, 0.4) is 0 Å². The lowest BCUT2D eigenvalue weighted by atomic mass is 9.83. The van der Waals surface area contributed by atoms with E-state index >= 15 is 0 Å². The van der Waals surface area contributed by atoms with Crippen molar-refractivity contribution in [3.05, 3.63) is 71.9 Å². The van der Waals surface area contributed by atoms with Crippen LogP contribution in [0.5, 0.6) is 0 Å². The summed E-state index contributed by atoms with van der Waals surface area (Å²) in [5.41, 5.74) is 14.3. The number of hydrogen-bond acceptors (Lipinski definition) is 5. The molecule has 0 radical (unpaired) electrons. The fraction of sp³-hybridized carbons (Fsp3) is 0.515. The smallest absolute Gasteiger partial charge is 0.410 e. The van der Waals surface area contributed by atoms with Gasteiger partial charge in [0.2, 0.25) is 5.91 Å². The van der Waals surface area contributed by atoms with Crippen molar-refractivity contribution in [1.82, 2.24) is 14.8 Å². The molecule has 2 saturated heterocycles. The van der Waals surface area contributed by atoms with Gasteiger partial charge >= 0.3 is 6.09 Å². The van der Waals surface area contributed by atoms with Gasteiger partial charge in [0.05, 0.1) is 18.1 Å². The summed E-state index contributed by atoms with van der Waals surface area (Å²) in [5.74, 6) is 0.291. The number of aromatic amines is 1. The third kappa shape index (κ3) is 6.44. The Morgan fingerprint density at radius 1 is 0.951 bits per heavy atom. The maximum Gasteiger partial charge on any atom is 0.410 e. The number of H-pyrrole nitrogens is 1. The lowest BCUT2D eigenvalue weighted by Gasteiger charge is -2.34. The van der Waals surface area contributed by atoms with Crippen molar-refractivity contribution in [1.29, 1.82) is 0 Å². The number of hydrogen-bond donors (Lipinski definition) is 3. The number of rotatable bonds is 5. The Labute approximate surface area is 244 Å². The number of amides is 2. The van der Waals surface area contributed by atoms with Crippen LogP contribution in [0.4, 0.5) is 4.79 Å². The highest BCUT2D eigenvalue weighted by molar-refractivity contribution is 5.86. The van der Waals surface area contributed by atoms with Crippen molar-refractivity contribution in [3.8, 4) is 0 Å². The van der Waals surface area contributed by atoms with E-state index in [0.717, 1.165) is 54.1 Å². The Kier molecular flexibility index (Phi) is 10.8. The number of benzene rings is 2. The Hall–Kier alpha value is -3.36. The summed E-state index contributed by atoms with van der Waals surface area (Å²) in [6, 6.07) is 17.3. The average Bonchev–Trinajstić information content (AvgIpc) is 3.77. The number of fused-ring (bicyclic) bond motifs is 2. The highest BCUT2D eigenvalue weighted by atomic mass is 16.6. The molecule has 2 unspecified atom stereocenters. The fourth-order valence-corrected chi connectivity index (χ4v) is 6.92. The number of carbonyl (C=O) groups excluding carboxylic acids is 2. The minimum atomic E-state index is -0.471. The topological polar surface area (TPSA) is 118 Å². The van der Waals surface area contributed by atoms with Gasteiger partial charge in [0.15, 0.2) is 0 Å². The highest BCUT2D eigenvalue weighted by Crippen LogP contribution is 2.44. The molecule has 3 fully saturated rings. The molecule has 41 heavy (non-hydrogen) atoms. The van der Waals surface area contributed by atoms with Gasteiger partial charge in [-0.3, -0.25) is 4.79 Å². The lowest BCUT2D eigenvalue weighted by molar-refractivity contribution is -0.135. The molecule has 222 valence electrons. The van der Waals surface area contributed by atoms with Crippen LogP contribution in [0.25, 0.3) is 10.9 Å². The molecule has 3 aliphatic rings. The molecule has 8 heteroatoms. The van der Waals surface area contributed by atoms with Crippen LogP contribution in [-0.2, 0) is 16.1 Å². The number of nitrogens with two attached hydrogens (primary N) is 2. The predicted octanol–water partition coefficient (Wildman–Crippen LogP) is 5.38. The zero-order valence-corrected chi connectivity index (χ0v) is 24.8. The first-order chi connectivity index (χ1) is 20.1. The quantitative estimate of drug-likeness (QED) is 0.387. The van der Waals surface area contributed by atoms with Crippen molar-refractivity contribution in [2.75, 3.05) is 20.1 Å². The van der Waals surface area contributed by atoms with Gasteiger partial charge in [0.25, 0.3) is 0 Å². The maximum absolute atomic E-state index is 13.8. The Morgan fingerprint density at radius 3 is 2.37 bits per heavy atom. The maximum atomic E-state index is 13.8. The van der Waals surface area contributed by atoms with Gasteiger partial charge in [0, 0.05) is 36.1 Å². The van der Waals surface area contributed by atoms with Crippen LogP contribution in [0.1, 0.15) is 69.4 Å². The molecular formula is C33H47N5O3. The van der Waals surface area contributed by atoms with E-state index in [9.17, 15) is 9.59 Å². The van der Waals surface area contributed by atoms with E-state index in [1.165, 1.54) is 13.5 Å². The first kappa shape index (κ1) is 30.6. The van der Waals surface area contributed by atoms with Crippen LogP contribution in [0, 0.1) is 5.92 Å². The summed E-state index contributed by atoms with van der Waals surface area (Å²) in [6.45, 7) is 5.38. The second kappa shape index (κ2) is 14.5. The van der Waals surface area contributed by atoms with Crippen molar-refractivity contribution in [2.45, 2.75) is 83.0 Å². The second-order valence-electron chi connectivity index (χ2n) is 10.9. The van der Waals surface area contributed by atoms with Crippen molar-refractivity contribution in [3.63, 3.8) is 0 Å². The van der Waals surface area contributed by atoms with Crippen LogP contribution in [-0.4, -0.2) is 65.0 Å². The zero-order valence-electron chi connectivity index (χ0n) is 24.8. The second-order valence-corrected chi connectivity index (χ2v) is 10.9. The first-order valence-corrected chi connectivity index (χ1v) is 15.3. The number of nitrogens with one attached hydrogen (secondary N) is 1. The third-order valence-electron chi connectivity index (χ3n) is 8.81. The third-order valence-corrected chi connectivity index (χ3v) is 8.81. The molecule has 2 aromatic carbocycles. The van der Waals surface area contributed by atoms with Crippen LogP contribution < -0.4 is 11.5 Å². The van der Waals surface area contributed by atoms with E-state index in [0.29, 0.717) is 13.1 Å². The molecule has 5 N–H and O–H groups in total. The van der Waals surface area contributed by atoms with Crippen LogP contribution >= 0.6 is 0 Å². The molecular weight excluding hydrogens is 514 g/mol. The standard InChI is InChI=1S/C30H36N4O3.C2H6.CH5N/c31-27(21-11-5-2-6-12-21)29(35)33-16-15-26-28(33)24(23-17-32-25-14-8-7-13-22(23)25)18-34(26)30(36)37-19-20-9-3-1-4-10-20;2*1-2/h1,3-4,7-10,13-14,17,21,24,26-28,32H,2,5-6,11-12,15-16,18-19,31H2;1-2H3;2H2,1H3/t24?,26-,27?,28-;;/m1../s1. The monoisotopic (exact) mass is 561 g/mol. The van der Waals surface area contributed by atoms with Gasteiger partial charge in [-0.05, 0) is 49.4 Å². The van der Waals surface area contributed by atoms with Gasteiger partial charge in [-0.15, -0.1) is 0 Å². The molecule has 1 aliphatic carbocycles. The molecule has 2 amide bonds. The van der Waals surface area contributed by atoms with E-state index in [-0.39, 0.29) is 42.5 Å². The number of carbonyl (C=O) groups is 2. The van der Waals surface area contributed by atoms with Crippen molar-refractivity contribution in [2.24, 2.45) is 17.4 Å². The largest absolute Gasteiger partial charge is 0.445 e. The van der Waals surface area contributed by atoms with E-state index < -0.39 is 6.04 Å². The Morgan fingerprint density at radius 2 is 1.63 bits per heavy atom. The fourth-order valence-electron chi connectivity index (χ4n) is 6.92. The van der Waals surface area contributed by atoms with Crippen LogP contribution in [0.2, 0.25) is 0 Å². The molecule has 0 bridgehead atoms. The van der Waals surface area contributed by atoms with E-state index in [1.54, 1.807) is 0 Å². The van der Waals surface area contributed by atoms with E-state index in [2.05, 4.69) is 22.9 Å². The Bertz CT molecular complexity index is 1260. The predicted molar refractivity (Wildman–Crippen MR) is 164 cm³/mol. The summed E-state index contributed by atoms with van der Waals surface area (Å²) >= 11 is 0.